The minimum atomic E-state index is -0.340. The fourth-order valence-corrected chi connectivity index (χ4v) is 4.22. The molecular weight excluding hydrogens is 434 g/mol. The summed E-state index contributed by atoms with van der Waals surface area (Å²) in [6, 6.07) is 11.8. The first-order valence-corrected chi connectivity index (χ1v) is 11.3. The van der Waals surface area contributed by atoms with E-state index < -0.39 is 0 Å². The highest BCUT2D eigenvalue weighted by Gasteiger charge is 2.23. The maximum Gasteiger partial charge on any atom is 0.255 e. The number of thiazole rings is 1. The monoisotopic (exact) mass is 455 g/mol. The Kier molecular flexibility index (Phi) is 6.53. The van der Waals surface area contributed by atoms with Crippen molar-refractivity contribution in [3.63, 3.8) is 0 Å². The molecular formula is C23H22ClN3O3S. The number of carbonyl (C=O) groups is 2. The molecule has 160 valence electrons. The Morgan fingerprint density at radius 2 is 2.00 bits per heavy atom. The number of hydrogen-bond acceptors (Lipinski definition) is 5. The van der Waals surface area contributed by atoms with E-state index in [1.807, 2.05) is 12.3 Å². The second-order valence-corrected chi connectivity index (χ2v) is 8.82. The molecule has 31 heavy (non-hydrogen) atoms. The summed E-state index contributed by atoms with van der Waals surface area (Å²) < 4.78 is 5.78. The molecule has 2 aromatic carbocycles. The third-order valence-corrected chi connectivity index (χ3v) is 6.06. The molecule has 2 heterocycles. The maximum atomic E-state index is 12.9. The average molecular weight is 456 g/mol. The van der Waals surface area contributed by atoms with Gasteiger partial charge in [-0.15, -0.1) is 11.3 Å². The first-order valence-electron chi connectivity index (χ1n) is 10.0. The van der Waals surface area contributed by atoms with E-state index in [1.165, 1.54) is 0 Å². The van der Waals surface area contributed by atoms with E-state index in [0.717, 1.165) is 36.6 Å². The van der Waals surface area contributed by atoms with Crippen LogP contribution >= 0.6 is 22.9 Å². The number of benzene rings is 2. The standard InChI is InChI=1S/C23H22ClN3O3S/c1-15-25-18(14-31-15)13-30-19-6-4-5-16(11-19)22(28)26-21-12-17(24)7-8-20(21)23(29)27-9-2-3-10-27/h4-8,11-12,14H,2-3,9-10,13H2,1H3,(H,26,28). The molecule has 0 spiro atoms. The van der Waals surface area contributed by atoms with Crippen LogP contribution in [0.3, 0.4) is 0 Å². The molecule has 6 nitrogen and oxygen atoms in total. The number of nitrogens with one attached hydrogen (secondary N) is 1. The number of halogens is 1. The molecule has 0 radical (unpaired) electrons. The van der Waals surface area contributed by atoms with Crippen molar-refractivity contribution in [3.05, 3.63) is 74.7 Å². The van der Waals surface area contributed by atoms with Crippen molar-refractivity contribution in [2.24, 2.45) is 0 Å². The largest absolute Gasteiger partial charge is 0.487 e. The smallest absolute Gasteiger partial charge is 0.255 e. The Hall–Kier alpha value is -2.90. The van der Waals surface area contributed by atoms with Gasteiger partial charge in [0.15, 0.2) is 0 Å². The molecule has 4 rings (SSSR count). The zero-order chi connectivity index (χ0) is 21.8. The van der Waals surface area contributed by atoms with Crippen molar-refractivity contribution in [2.45, 2.75) is 26.4 Å². The Balaban J connectivity index is 1.49. The fraction of sp³-hybridized carbons (Fsp3) is 0.261. The van der Waals surface area contributed by atoms with E-state index in [9.17, 15) is 9.59 Å². The number of amides is 2. The molecule has 3 aromatic rings. The summed E-state index contributed by atoms with van der Waals surface area (Å²) in [6.45, 7) is 3.73. The van der Waals surface area contributed by atoms with E-state index in [2.05, 4.69) is 10.3 Å². The van der Waals surface area contributed by atoms with E-state index in [4.69, 9.17) is 16.3 Å². The van der Waals surface area contributed by atoms with Crippen LogP contribution in [0.4, 0.5) is 5.69 Å². The van der Waals surface area contributed by atoms with Gasteiger partial charge in [-0.05, 0) is 56.2 Å². The molecule has 1 N–H and O–H groups in total. The molecule has 0 saturated carbocycles. The molecule has 0 bridgehead atoms. The average Bonchev–Trinajstić information content (AvgIpc) is 3.44. The van der Waals surface area contributed by atoms with E-state index in [1.54, 1.807) is 58.7 Å². The van der Waals surface area contributed by atoms with Crippen molar-refractivity contribution >= 4 is 40.4 Å². The highest BCUT2D eigenvalue weighted by Crippen LogP contribution is 2.25. The predicted molar refractivity (Wildman–Crippen MR) is 122 cm³/mol. The van der Waals surface area contributed by atoms with Crippen molar-refractivity contribution in [1.29, 1.82) is 0 Å². The summed E-state index contributed by atoms with van der Waals surface area (Å²) in [5.41, 5.74) is 2.11. The Bertz CT molecular complexity index is 1110. The Labute approximate surface area is 189 Å². The van der Waals surface area contributed by atoms with E-state index >= 15 is 0 Å². The number of likely N-dealkylation sites (tertiary alicyclic amines) is 1. The number of nitrogens with zero attached hydrogens (tertiary/aromatic N) is 2. The predicted octanol–water partition coefficient (Wildman–Crippen LogP) is 5.17. The van der Waals surface area contributed by atoms with Gasteiger partial charge in [0.05, 0.1) is 22.0 Å². The zero-order valence-corrected chi connectivity index (χ0v) is 18.6. The highest BCUT2D eigenvalue weighted by molar-refractivity contribution is 7.09. The second-order valence-electron chi connectivity index (χ2n) is 7.32. The van der Waals surface area contributed by atoms with Gasteiger partial charge in [0.1, 0.15) is 12.4 Å². The van der Waals surface area contributed by atoms with Gasteiger partial charge in [0.25, 0.3) is 11.8 Å². The van der Waals surface area contributed by atoms with Crippen molar-refractivity contribution in [3.8, 4) is 5.75 Å². The van der Waals surface area contributed by atoms with Gasteiger partial charge in [-0.3, -0.25) is 9.59 Å². The Morgan fingerprint density at radius 1 is 1.19 bits per heavy atom. The SMILES string of the molecule is Cc1nc(COc2cccc(C(=O)Nc3cc(Cl)ccc3C(=O)N3CCCC3)c2)cs1. The van der Waals surface area contributed by atoms with Crippen LogP contribution in [0.5, 0.6) is 5.75 Å². The summed E-state index contributed by atoms with van der Waals surface area (Å²) in [4.78, 5) is 32.0. The van der Waals surface area contributed by atoms with Crippen LogP contribution in [0.1, 0.15) is 44.3 Å². The van der Waals surface area contributed by atoms with Crippen LogP contribution in [-0.4, -0.2) is 34.8 Å². The second kappa shape index (κ2) is 9.49. The molecule has 8 heteroatoms. The van der Waals surface area contributed by atoms with Gasteiger partial charge in [-0.1, -0.05) is 17.7 Å². The lowest BCUT2D eigenvalue weighted by Gasteiger charge is -2.18. The molecule has 2 amide bonds. The first kappa shape index (κ1) is 21.3. The van der Waals surface area contributed by atoms with Crippen molar-refractivity contribution in [2.75, 3.05) is 18.4 Å². The maximum absolute atomic E-state index is 12.9. The molecule has 1 aromatic heterocycles. The summed E-state index contributed by atoms with van der Waals surface area (Å²) >= 11 is 7.70. The van der Waals surface area contributed by atoms with Crippen LogP contribution in [0.15, 0.2) is 47.8 Å². The molecule has 1 fully saturated rings. The number of aromatic nitrogens is 1. The quantitative estimate of drug-likeness (QED) is 0.556. The van der Waals surface area contributed by atoms with Gasteiger partial charge >= 0.3 is 0 Å². The lowest BCUT2D eigenvalue weighted by atomic mass is 10.1. The molecule has 0 unspecified atom stereocenters. The number of carbonyl (C=O) groups excluding carboxylic acids is 2. The molecule has 1 aliphatic rings. The van der Waals surface area contributed by atoms with Crippen molar-refractivity contribution < 1.29 is 14.3 Å². The van der Waals surface area contributed by atoms with E-state index in [-0.39, 0.29) is 11.8 Å². The van der Waals surface area contributed by atoms with Gasteiger partial charge in [-0.25, -0.2) is 4.98 Å². The lowest BCUT2D eigenvalue weighted by molar-refractivity contribution is 0.0794. The fourth-order valence-electron chi connectivity index (χ4n) is 3.45. The summed E-state index contributed by atoms with van der Waals surface area (Å²) in [5.74, 6) is 0.130. The van der Waals surface area contributed by atoms with E-state index in [0.29, 0.717) is 34.2 Å². The number of rotatable bonds is 6. The van der Waals surface area contributed by atoms with Crippen LogP contribution in [0, 0.1) is 6.92 Å². The summed E-state index contributed by atoms with van der Waals surface area (Å²) in [7, 11) is 0. The number of aryl methyl sites for hydroxylation is 1. The van der Waals surface area contributed by atoms with Gasteiger partial charge in [0.2, 0.25) is 0 Å². The topological polar surface area (TPSA) is 71.5 Å². The van der Waals surface area contributed by atoms with Crippen LogP contribution in [0.2, 0.25) is 5.02 Å². The van der Waals surface area contributed by atoms with Crippen molar-refractivity contribution in [1.82, 2.24) is 9.88 Å². The minimum absolute atomic E-state index is 0.0971. The molecule has 0 aliphatic carbocycles. The summed E-state index contributed by atoms with van der Waals surface area (Å²) in [6.07, 6.45) is 1.99. The normalized spacial score (nSPS) is 13.3. The Morgan fingerprint density at radius 3 is 2.74 bits per heavy atom. The highest BCUT2D eigenvalue weighted by atomic mass is 35.5. The van der Waals surface area contributed by atoms with Gasteiger partial charge in [-0.2, -0.15) is 0 Å². The third kappa shape index (κ3) is 5.24. The zero-order valence-electron chi connectivity index (χ0n) is 17.1. The molecule has 1 saturated heterocycles. The lowest BCUT2D eigenvalue weighted by Crippen LogP contribution is -2.28. The van der Waals surface area contributed by atoms with Gasteiger partial charge < -0.3 is 15.0 Å². The van der Waals surface area contributed by atoms with Crippen LogP contribution in [-0.2, 0) is 6.61 Å². The third-order valence-electron chi connectivity index (χ3n) is 5.00. The first-order chi connectivity index (χ1) is 15.0. The van der Waals surface area contributed by atoms with Gasteiger partial charge in [0, 0.05) is 29.1 Å². The van der Waals surface area contributed by atoms with Crippen LogP contribution < -0.4 is 10.1 Å². The summed E-state index contributed by atoms with van der Waals surface area (Å²) in [5, 5.41) is 6.21. The molecule has 1 aliphatic heterocycles. The van der Waals surface area contributed by atoms with Crippen LogP contribution in [0.25, 0.3) is 0 Å². The molecule has 0 atom stereocenters. The number of anilines is 1. The minimum Gasteiger partial charge on any atom is -0.487 e. The number of hydrogen-bond donors (Lipinski definition) is 1. The number of ether oxygens (including phenoxy) is 1.